The van der Waals surface area contributed by atoms with Gasteiger partial charge in [0.2, 0.25) is 0 Å². The number of hydrogen-bond donors (Lipinski definition) is 0. The first-order valence-electron chi connectivity index (χ1n) is 15.0. The maximum atomic E-state index is 4.90. The Balaban J connectivity index is 1.33. The first-order valence-corrected chi connectivity index (χ1v) is 15.0. The molecule has 0 aliphatic carbocycles. The van der Waals surface area contributed by atoms with E-state index in [0.29, 0.717) is 0 Å². The summed E-state index contributed by atoms with van der Waals surface area (Å²) in [6.07, 6.45) is 0.874. The number of nitrogens with zero attached hydrogens (tertiary/aromatic N) is 2. The van der Waals surface area contributed by atoms with Gasteiger partial charge in [0.05, 0.1) is 11.0 Å². The molecule has 0 aliphatic heterocycles. The average Bonchev–Trinajstić information content (AvgIpc) is 3.46. The maximum absolute atomic E-state index is 4.90. The molecule has 7 aromatic carbocycles. The lowest BCUT2D eigenvalue weighted by Gasteiger charge is -2.18. The van der Waals surface area contributed by atoms with Crippen molar-refractivity contribution in [1.82, 2.24) is 9.55 Å². The van der Waals surface area contributed by atoms with Crippen LogP contribution in [0.25, 0.3) is 71.6 Å². The van der Waals surface area contributed by atoms with Gasteiger partial charge in [-0.3, -0.25) is 4.57 Å². The second-order valence-electron chi connectivity index (χ2n) is 11.0. The smallest absolute Gasteiger partial charge is 0.114 e. The molecule has 2 heteroatoms. The highest BCUT2D eigenvalue weighted by molar-refractivity contribution is 6.21. The third kappa shape index (κ3) is 4.23. The molecule has 8 aromatic rings. The van der Waals surface area contributed by atoms with Crippen molar-refractivity contribution in [1.29, 1.82) is 0 Å². The SMILES string of the molecule is CCc1nc2ccccc2n1-c1ccc(-c2c3ccccc3c(-c3cccc(-c4ccccc4)c3)c3ccccc23)cc1. The minimum atomic E-state index is 0.874. The first-order chi connectivity index (χ1) is 21.3. The summed E-state index contributed by atoms with van der Waals surface area (Å²) in [6, 6.07) is 54.7. The van der Waals surface area contributed by atoms with Crippen LogP contribution in [0, 0.1) is 0 Å². The lowest BCUT2D eigenvalue weighted by atomic mass is 9.85. The summed E-state index contributed by atoms with van der Waals surface area (Å²) < 4.78 is 2.29. The molecule has 0 atom stereocenters. The molecule has 0 saturated carbocycles. The molecule has 0 saturated heterocycles. The second-order valence-corrected chi connectivity index (χ2v) is 11.0. The third-order valence-corrected chi connectivity index (χ3v) is 8.55. The van der Waals surface area contributed by atoms with E-state index in [-0.39, 0.29) is 0 Å². The lowest BCUT2D eigenvalue weighted by molar-refractivity contribution is 0.908. The molecule has 0 N–H and O–H groups in total. The Morgan fingerprint density at radius 2 is 1.00 bits per heavy atom. The van der Waals surface area contributed by atoms with Crippen LogP contribution < -0.4 is 0 Å². The monoisotopic (exact) mass is 550 g/mol. The fourth-order valence-corrected chi connectivity index (χ4v) is 6.61. The van der Waals surface area contributed by atoms with Gasteiger partial charge in [0, 0.05) is 12.1 Å². The molecule has 1 heterocycles. The number of imidazole rings is 1. The van der Waals surface area contributed by atoms with Crippen LogP contribution in [0.15, 0.2) is 152 Å². The highest BCUT2D eigenvalue weighted by Gasteiger charge is 2.17. The van der Waals surface area contributed by atoms with E-state index in [1.54, 1.807) is 0 Å². The van der Waals surface area contributed by atoms with Crippen LogP contribution in [-0.2, 0) is 6.42 Å². The number of fused-ring (bicyclic) bond motifs is 3. The summed E-state index contributed by atoms with van der Waals surface area (Å²) >= 11 is 0. The zero-order valence-electron chi connectivity index (χ0n) is 24.0. The van der Waals surface area contributed by atoms with E-state index < -0.39 is 0 Å². The van der Waals surface area contributed by atoms with Crippen LogP contribution in [-0.4, -0.2) is 9.55 Å². The Hall–Kier alpha value is -5.47. The first kappa shape index (κ1) is 25.3. The van der Waals surface area contributed by atoms with Gasteiger partial charge in [0.25, 0.3) is 0 Å². The molecule has 1 aromatic heterocycles. The van der Waals surface area contributed by atoms with Gasteiger partial charge >= 0.3 is 0 Å². The van der Waals surface area contributed by atoms with E-state index in [4.69, 9.17) is 4.98 Å². The molecule has 204 valence electrons. The number of rotatable bonds is 5. The van der Waals surface area contributed by atoms with E-state index in [0.717, 1.165) is 29.0 Å². The lowest BCUT2D eigenvalue weighted by Crippen LogP contribution is -2.00. The zero-order chi connectivity index (χ0) is 28.8. The topological polar surface area (TPSA) is 17.8 Å². The molecule has 0 aliphatic rings. The minimum Gasteiger partial charge on any atom is -0.296 e. The summed E-state index contributed by atoms with van der Waals surface area (Å²) in [7, 11) is 0. The number of para-hydroxylation sites is 2. The van der Waals surface area contributed by atoms with E-state index in [1.165, 1.54) is 54.9 Å². The Bertz CT molecular complexity index is 2200. The molecule has 0 amide bonds. The van der Waals surface area contributed by atoms with Gasteiger partial charge < -0.3 is 0 Å². The Morgan fingerprint density at radius 3 is 1.65 bits per heavy atom. The quantitative estimate of drug-likeness (QED) is 0.195. The standard InChI is InChI=1S/C41H30N2/c1-2-39-42-37-21-10-11-22-38(37)43(39)32-25-23-29(24-26-32)40-33-17-6-8-19-35(33)41(36-20-9-7-18-34(36)40)31-16-12-15-30(27-31)28-13-4-3-5-14-28/h3-27H,2H2,1H3. The molecular formula is C41H30N2. The molecule has 43 heavy (non-hydrogen) atoms. The van der Waals surface area contributed by atoms with E-state index >= 15 is 0 Å². The number of benzene rings is 7. The maximum Gasteiger partial charge on any atom is 0.114 e. The van der Waals surface area contributed by atoms with Crippen LogP contribution in [0.4, 0.5) is 0 Å². The Kier molecular flexibility index (Phi) is 6.12. The summed E-state index contributed by atoms with van der Waals surface area (Å²) in [5.41, 5.74) is 10.8. The van der Waals surface area contributed by atoms with Crippen molar-refractivity contribution in [2.24, 2.45) is 0 Å². The second kappa shape index (κ2) is 10.4. The summed E-state index contributed by atoms with van der Waals surface area (Å²) in [5, 5.41) is 5.05. The molecule has 0 bridgehead atoms. The van der Waals surface area contributed by atoms with Crippen molar-refractivity contribution in [2.75, 3.05) is 0 Å². The number of aryl methyl sites for hydroxylation is 1. The molecular weight excluding hydrogens is 520 g/mol. The van der Waals surface area contributed by atoms with E-state index in [1.807, 2.05) is 0 Å². The highest BCUT2D eigenvalue weighted by Crippen LogP contribution is 2.44. The molecule has 2 nitrogen and oxygen atoms in total. The van der Waals surface area contributed by atoms with Crippen LogP contribution in [0.5, 0.6) is 0 Å². The Morgan fingerprint density at radius 1 is 0.465 bits per heavy atom. The molecule has 0 spiro atoms. The van der Waals surface area contributed by atoms with Crippen LogP contribution in [0.3, 0.4) is 0 Å². The fourth-order valence-electron chi connectivity index (χ4n) is 6.61. The third-order valence-electron chi connectivity index (χ3n) is 8.55. The molecule has 0 unspecified atom stereocenters. The van der Waals surface area contributed by atoms with Gasteiger partial charge in [-0.05, 0) is 85.3 Å². The molecule has 0 radical (unpaired) electrons. The number of hydrogen-bond acceptors (Lipinski definition) is 1. The fraction of sp³-hybridized carbons (Fsp3) is 0.0488. The molecule has 8 rings (SSSR count). The minimum absolute atomic E-state index is 0.874. The Labute approximate surface area is 251 Å². The van der Waals surface area contributed by atoms with Gasteiger partial charge in [0.1, 0.15) is 5.82 Å². The normalized spacial score (nSPS) is 11.5. The van der Waals surface area contributed by atoms with Gasteiger partial charge in [0.15, 0.2) is 0 Å². The summed E-state index contributed by atoms with van der Waals surface area (Å²) in [5.74, 6) is 1.08. The van der Waals surface area contributed by atoms with Crippen molar-refractivity contribution in [3.05, 3.63) is 157 Å². The van der Waals surface area contributed by atoms with Crippen LogP contribution in [0.2, 0.25) is 0 Å². The van der Waals surface area contributed by atoms with Crippen molar-refractivity contribution in [3.63, 3.8) is 0 Å². The highest BCUT2D eigenvalue weighted by atomic mass is 15.1. The summed E-state index contributed by atoms with van der Waals surface area (Å²) in [4.78, 5) is 4.90. The van der Waals surface area contributed by atoms with E-state index in [2.05, 4.69) is 163 Å². The van der Waals surface area contributed by atoms with Gasteiger partial charge in [-0.25, -0.2) is 4.98 Å². The van der Waals surface area contributed by atoms with Crippen LogP contribution >= 0.6 is 0 Å². The number of aromatic nitrogens is 2. The average molecular weight is 551 g/mol. The van der Waals surface area contributed by atoms with Crippen molar-refractivity contribution in [2.45, 2.75) is 13.3 Å². The van der Waals surface area contributed by atoms with Gasteiger partial charge in [-0.1, -0.05) is 128 Å². The van der Waals surface area contributed by atoms with Gasteiger partial charge in [-0.2, -0.15) is 0 Å². The largest absolute Gasteiger partial charge is 0.296 e. The van der Waals surface area contributed by atoms with Crippen molar-refractivity contribution in [3.8, 4) is 39.1 Å². The zero-order valence-corrected chi connectivity index (χ0v) is 24.0. The van der Waals surface area contributed by atoms with E-state index in [9.17, 15) is 0 Å². The predicted molar refractivity (Wildman–Crippen MR) is 182 cm³/mol. The summed E-state index contributed by atoms with van der Waals surface area (Å²) in [6.45, 7) is 2.17. The van der Waals surface area contributed by atoms with Gasteiger partial charge in [-0.15, -0.1) is 0 Å². The van der Waals surface area contributed by atoms with Crippen molar-refractivity contribution >= 4 is 32.6 Å². The predicted octanol–water partition coefficient (Wildman–Crippen LogP) is 10.9. The van der Waals surface area contributed by atoms with Crippen LogP contribution in [0.1, 0.15) is 12.7 Å². The van der Waals surface area contributed by atoms with Crippen molar-refractivity contribution < 1.29 is 0 Å². The molecule has 0 fully saturated rings.